The van der Waals surface area contributed by atoms with Crippen molar-refractivity contribution in [2.75, 3.05) is 25.0 Å². The molecule has 0 spiro atoms. The van der Waals surface area contributed by atoms with Crippen LogP contribution in [0.5, 0.6) is 0 Å². The summed E-state index contributed by atoms with van der Waals surface area (Å²) in [5.74, 6) is 0.365. The third-order valence-electron chi connectivity index (χ3n) is 5.20. The summed E-state index contributed by atoms with van der Waals surface area (Å²) < 4.78 is 0. The molecule has 0 aliphatic carbocycles. The quantitative estimate of drug-likeness (QED) is 0.893. The van der Waals surface area contributed by atoms with E-state index in [1.54, 1.807) is 24.3 Å². The normalized spacial score (nSPS) is 24.0. The van der Waals surface area contributed by atoms with Crippen LogP contribution in [0.3, 0.4) is 0 Å². The zero-order chi connectivity index (χ0) is 16.9. The van der Waals surface area contributed by atoms with E-state index in [1.165, 1.54) is 52.1 Å². The second-order valence-electron chi connectivity index (χ2n) is 6.97. The van der Waals surface area contributed by atoms with E-state index in [2.05, 4.69) is 15.5 Å². The van der Waals surface area contributed by atoms with E-state index in [4.69, 9.17) is 0 Å². The van der Waals surface area contributed by atoms with Gasteiger partial charge in [0.25, 0.3) is 5.91 Å². The number of carbonyl (C=O) groups excluding carboxylic acids is 2. The van der Waals surface area contributed by atoms with Crippen molar-refractivity contribution in [2.45, 2.75) is 45.1 Å². The predicted octanol–water partition coefficient (Wildman–Crippen LogP) is 2.64. The van der Waals surface area contributed by atoms with E-state index < -0.39 is 0 Å². The first kappa shape index (κ1) is 17.0. The van der Waals surface area contributed by atoms with Gasteiger partial charge in [-0.2, -0.15) is 0 Å². The molecule has 2 aliphatic heterocycles. The number of fused-ring (bicyclic) bond motifs is 1. The Kier molecular flexibility index (Phi) is 5.51. The lowest BCUT2D eigenvalue weighted by Crippen LogP contribution is -2.51. The fourth-order valence-corrected chi connectivity index (χ4v) is 4.08. The van der Waals surface area contributed by atoms with Crippen molar-refractivity contribution in [3.63, 3.8) is 0 Å². The molecule has 2 saturated heterocycles. The van der Waals surface area contributed by atoms with Gasteiger partial charge in [-0.15, -0.1) is 0 Å². The molecule has 1 aromatic rings. The van der Waals surface area contributed by atoms with Crippen molar-refractivity contribution in [1.29, 1.82) is 0 Å². The highest BCUT2D eigenvalue weighted by molar-refractivity contribution is 5.96. The molecule has 1 aromatic carbocycles. The molecule has 2 heterocycles. The summed E-state index contributed by atoms with van der Waals surface area (Å²) in [7, 11) is 0. The van der Waals surface area contributed by atoms with Crippen LogP contribution in [0.4, 0.5) is 5.69 Å². The average molecular weight is 329 g/mol. The van der Waals surface area contributed by atoms with Gasteiger partial charge < -0.3 is 15.5 Å². The Balaban J connectivity index is 1.57. The van der Waals surface area contributed by atoms with E-state index in [9.17, 15) is 9.59 Å². The zero-order valence-corrected chi connectivity index (χ0v) is 14.4. The maximum Gasteiger partial charge on any atom is 0.251 e. The molecule has 0 unspecified atom stereocenters. The van der Waals surface area contributed by atoms with E-state index in [-0.39, 0.29) is 11.8 Å². The Hall–Kier alpha value is -1.88. The Labute approximate surface area is 143 Å². The Morgan fingerprint density at radius 1 is 1.17 bits per heavy atom. The molecule has 0 saturated carbocycles. The van der Waals surface area contributed by atoms with Crippen LogP contribution < -0.4 is 10.6 Å². The Morgan fingerprint density at radius 2 is 2.00 bits per heavy atom. The molecule has 2 aliphatic rings. The lowest BCUT2D eigenvalue weighted by Gasteiger charge is -2.44. The fourth-order valence-electron chi connectivity index (χ4n) is 4.08. The number of anilines is 1. The predicted molar refractivity (Wildman–Crippen MR) is 95.0 cm³/mol. The first-order chi connectivity index (χ1) is 11.6. The smallest absolute Gasteiger partial charge is 0.251 e. The number of hydrogen-bond donors (Lipinski definition) is 2. The maximum absolute atomic E-state index is 12.4. The SMILES string of the molecule is CC(=O)Nc1cccc(C(=O)NC[C@@H]2CCCN3CCCC[C@H]23)c1. The lowest BCUT2D eigenvalue weighted by molar-refractivity contribution is -0.114. The van der Waals surface area contributed by atoms with Crippen molar-refractivity contribution in [3.05, 3.63) is 29.8 Å². The van der Waals surface area contributed by atoms with Gasteiger partial charge in [-0.25, -0.2) is 0 Å². The number of carbonyl (C=O) groups is 2. The molecule has 0 aromatic heterocycles. The highest BCUT2D eigenvalue weighted by Gasteiger charge is 2.32. The monoisotopic (exact) mass is 329 g/mol. The summed E-state index contributed by atoms with van der Waals surface area (Å²) in [5, 5.41) is 5.82. The third kappa shape index (κ3) is 4.15. The molecule has 0 bridgehead atoms. The van der Waals surface area contributed by atoms with Crippen LogP contribution in [-0.2, 0) is 4.79 Å². The molecule has 5 nitrogen and oxygen atoms in total. The molecule has 2 N–H and O–H groups in total. The summed E-state index contributed by atoms with van der Waals surface area (Å²) in [6.45, 7) is 4.64. The molecule has 0 radical (unpaired) electrons. The number of benzene rings is 1. The second-order valence-corrected chi connectivity index (χ2v) is 6.97. The van der Waals surface area contributed by atoms with Gasteiger partial charge in [0.2, 0.25) is 5.91 Å². The molecular formula is C19H27N3O2. The third-order valence-corrected chi connectivity index (χ3v) is 5.20. The van der Waals surface area contributed by atoms with Gasteiger partial charge in [0.05, 0.1) is 0 Å². The number of nitrogens with zero attached hydrogens (tertiary/aromatic N) is 1. The molecule has 2 amide bonds. The molecule has 130 valence electrons. The summed E-state index contributed by atoms with van der Waals surface area (Å²) in [5.41, 5.74) is 1.25. The van der Waals surface area contributed by atoms with Crippen LogP contribution in [0.1, 0.15) is 49.4 Å². The number of nitrogens with one attached hydrogen (secondary N) is 2. The van der Waals surface area contributed by atoms with Gasteiger partial charge >= 0.3 is 0 Å². The molecule has 24 heavy (non-hydrogen) atoms. The van der Waals surface area contributed by atoms with Crippen LogP contribution in [0.15, 0.2) is 24.3 Å². The topological polar surface area (TPSA) is 61.4 Å². The minimum Gasteiger partial charge on any atom is -0.352 e. The largest absolute Gasteiger partial charge is 0.352 e. The summed E-state index contributed by atoms with van der Waals surface area (Å²) in [6.07, 6.45) is 6.32. The minimum atomic E-state index is -0.132. The first-order valence-electron chi connectivity index (χ1n) is 9.03. The van der Waals surface area contributed by atoms with Gasteiger partial charge in [0.15, 0.2) is 0 Å². The van der Waals surface area contributed by atoms with Gasteiger partial charge in [0.1, 0.15) is 0 Å². The van der Waals surface area contributed by atoms with Crippen LogP contribution in [0.25, 0.3) is 0 Å². The zero-order valence-electron chi connectivity index (χ0n) is 14.4. The summed E-state index contributed by atoms with van der Waals surface area (Å²) in [6, 6.07) is 7.74. The maximum atomic E-state index is 12.4. The van der Waals surface area contributed by atoms with Gasteiger partial charge in [-0.3, -0.25) is 9.59 Å². The van der Waals surface area contributed by atoms with Gasteiger partial charge in [-0.1, -0.05) is 12.5 Å². The van der Waals surface area contributed by atoms with Crippen molar-refractivity contribution < 1.29 is 9.59 Å². The summed E-state index contributed by atoms with van der Waals surface area (Å²) in [4.78, 5) is 26.2. The number of rotatable bonds is 4. The number of piperidine rings is 2. The Morgan fingerprint density at radius 3 is 2.83 bits per heavy atom. The van der Waals surface area contributed by atoms with Crippen molar-refractivity contribution in [1.82, 2.24) is 10.2 Å². The van der Waals surface area contributed by atoms with E-state index >= 15 is 0 Å². The van der Waals surface area contributed by atoms with Crippen LogP contribution >= 0.6 is 0 Å². The van der Waals surface area contributed by atoms with E-state index in [0.29, 0.717) is 23.2 Å². The molecule has 2 fully saturated rings. The molecule has 2 atom stereocenters. The van der Waals surface area contributed by atoms with E-state index in [0.717, 1.165) is 6.54 Å². The highest BCUT2D eigenvalue weighted by Crippen LogP contribution is 2.30. The van der Waals surface area contributed by atoms with Crippen LogP contribution in [0.2, 0.25) is 0 Å². The average Bonchev–Trinajstić information content (AvgIpc) is 2.59. The van der Waals surface area contributed by atoms with E-state index in [1.807, 2.05) is 0 Å². The number of hydrogen-bond acceptors (Lipinski definition) is 3. The minimum absolute atomic E-state index is 0.0601. The molecule has 5 heteroatoms. The second kappa shape index (κ2) is 7.79. The van der Waals surface area contributed by atoms with Gasteiger partial charge in [-0.05, 0) is 62.9 Å². The van der Waals surface area contributed by atoms with Crippen molar-refractivity contribution >= 4 is 17.5 Å². The number of amides is 2. The van der Waals surface area contributed by atoms with Gasteiger partial charge in [0, 0.05) is 30.8 Å². The van der Waals surface area contributed by atoms with Crippen molar-refractivity contribution in [2.24, 2.45) is 5.92 Å². The standard InChI is InChI=1S/C19H27N3O2/c1-14(23)21-17-8-4-6-15(12-17)19(24)20-13-16-7-5-11-22-10-3-2-9-18(16)22/h4,6,8,12,16,18H,2-3,5,7,9-11,13H2,1H3,(H,20,24)(H,21,23)/t16-,18+/m0/s1. The fraction of sp³-hybridized carbons (Fsp3) is 0.579. The van der Waals surface area contributed by atoms with Crippen LogP contribution in [-0.4, -0.2) is 42.4 Å². The van der Waals surface area contributed by atoms with Crippen LogP contribution in [0, 0.1) is 5.92 Å². The van der Waals surface area contributed by atoms with Crippen molar-refractivity contribution in [3.8, 4) is 0 Å². The lowest BCUT2D eigenvalue weighted by atomic mass is 9.83. The summed E-state index contributed by atoms with van der Waals surface area (Å²) >= 11 is 0. The molecule has 3 rings (SSSR count). The Bertz CT molecular complexity index is 600. The molecular weight excluding hydrogens is 302 g/mol. The highest BCUT2D eigenvalue weighted by atomic mass is 16.2. The first-order valence-corrected chi connectivity index (χ1v) is 9.03.